The summed E-state index contributed by atoms with van der Waals surface area (Å²) in [7, 11) is 6.12. The Balaban J connectivity index is 3.03. The first-order valence-corrected chi connectivity index (χ1v) is 6.87. The van der Waals surface area contributed by atoms with Crippen molar-refractivity contribution in [2.24, 2.45) is 5.92 Å². The van der Waals surface area contributed by atoms with Gasteiger partial charge in [0.15, 0.2) is 11.5 Å². The molecule has 0 radical (unpaired) electrons. The molecule has 120 valence electrons. The second-order valence-corrected chi connectivity index (χ2v) is 4.60. The molecule has 0 unspecified atom stereocenters. The van der Waals surface area contributed by atoms with Gasteiger partial charge in [0, 0.05) is 18.6 Å². The zero-order valence-corrected chi connectivity index (χ0v) is 13.6. The molecule has 0 aliphatic rings. The molecular formula is C17H22O5. The Labute approximate surface area is 131 Å². The Morgan fingerprint density at radius 2 is 1.91 bits per heavy atom. The Morgan fingerprint density at radius 1 is 1.18 bits per heavy atom. The summed E-state index contributed by atoms with van der Waals surface area (Å²) in [6, 6.07) is 5.61. The van der Waals surface area contributed by atoms with E-state index in [2.05, 4.69) is 16.6 Å². The van der Waals surface area contributed by atoms with E-state index in [9.17, 15) is 4.79 Å². The molecule has 0 aliphatic heterocycles. The zero-order chi connectivity index (χ0) is 16.5. The molecule has 0 fully saturated rings. The van der Waals surface area contributed by atoms with E-state index in [-0.39, 0.29) is 24.4 Å². The second-order valence-electron chi connectivity index (χ2n) is 4.60. The van der Waals surface area contributed by atoms with Gasteiger partial charge >= 0.3 is 5.97 Å². The molecule has 0 bridgehead atoms. The predicted molar refractivity (Wildman–Crippen MR) is 82.9 cm³/mol. The van der Waals surface area contributed by atoms with Crippen LogP contribution in [-0.4, -0.2) is 34.4 Å². The van der Waals surface area contributed by atoms with Crippen LogP contribution < -0.4 is 9.47 Å². The van der Waals surface area contributed by atoms with Gasteiger partial charge in [0.05, 0.1) is 27.4 Å². The van der Waals surface area contributed by atoms with Gasteiger partial charge in [-0.05, 0) is 13.0 Å². The van der Waals surface area contributed by atoms with E-state index in [1.54, 1.807) is 21.3 Å². The number of rotatable bonds is 6. The van der Waals surface area contributed by atoms with Crippen LogP contribution in [0.4, 0.5) is 0 Å². The molecule has 0 aromatic heterocycles. The molecule has 5 heteroatoms. The van der Waals surface area contributed by atoms with E-state index >= 15 is 0 Å². The monoisotopic (exact) mass is 306 g/mol. The first-order chi connectivity index (χ1) is 10.6. The van der Waals surface area contributed by atoms with Crippen molar-refractivity contribution in [3.63, 3.8) is 0 Å². The normalized spacial score (nSPS) is 12.6. The summed E-state index contributed by atoms with van der Waals surface area (Å²) in [4.78, 5) is 11.1. The van der Waals surface area contributed by atoms with Crippen LogP contribution in [0.2, 0.25) is 0 Å². The van der Waals surface area contributed by atoms with E-state index < -0.39 is 0 Å². The summed E-state index contributed by atoms with van der Waals surface area (Å²) in [5.41, 5.74) is 0.851. The number of esters is 1. The maximum Gasteiger partial charge on any atom is 0.317 e. The molecule has 2 atom stereocenters. The number of carbonyl (C=O) groups is 1. The van der Waals surface area contributed by atoms with Gasteiger partial charge in [0.2, 0.25) is 0 Å². The van der Waals surface area contributed by atoms with Crippen LogP contribution in [0.5, 0.6) is 11.5 Å². The largest absolute Gasteiger partial charge is 0.493 e. The highest BCUT2D eigenvalue weighted by atomic mass is 16.5. The summed E-state index contributed by atoms with van der Waals surface area (Å²) in [5, 5.41) is 0. The number of carbonyl (C=O) groups excluding carboxylic acids is 1. The molecule has 0 saturated heterocycles. The molecule has 1 aromatic carbocycles. The number of para-hydroxylation sites is 1. The minimum Gasteiger partial charge on any atom is -0.493 e. The SMILES string of the molecule is COC(=O)CC#C[C@H](C)[C@@H](OC)c1cccc(OC)c1OC. The summed E-state index contributed by atoms with van der Waals surface area (Å²) >= 11 is 0. The smallest absolute Gasteiger partial charge is 0.317 e. The van der Waals surface area contributed by atoms with Crippen LogP contribution >= 0.6 is 0 Å². The van der Waals surface area contributed by atoms with E-state index in [0.717, 1.165) is 5.56 Å². The minimum absolute atomic E-state index is 0.0620. The van der Waals surface area contributed by atoms with E-state index in [1.807, 2.05) is 25.1 Å². The number of hydrogen-bond acceptors (Lipinski definition) is 5. The van der Waals surface area contributed by atoms with Crippen molar-refractivity contribution in [1.82, 2.24) is 0 Å². The summed E-state index contributed by atoms with van der Waals surface area (Å²) in [6.07, 6.45) is -0.234. The number of ether oxygens (including phenoxy) is 4. The average Bonchev–Trinajstić information content (AvgIpc) is 2.54. The molecule has 22 heavy (non-hydrogen) atoms. The van der Waals surface area contributed by atoms with Crippen molar-refractivity contribution in [3.8, 4) is 23.3 Å². The highest BCUT2D eigenvalue weighted by Crippen LogP contribution is 2.38. The lowest BCUT2D eigenvalue weighted by Crippen LogP contribution is -2.12. The van der Waals surface area contributed by atoms with Gasteiger partial charge < -0.3 is 18.9 Å². The van der Waals surface area contributed by atoms with Gasteiger partial charge in [-0.15, -0.1) is 0 Å². The lowest BCUT2D eigenvalue weighted by atomic mass is 9.96. The number of benzene rings is 1. The third-order valence-corrected chi connectivity index (χ3v) is 3.24. The fourth-order valence-electron chi connectivity index (χ4n) is 2.17. The van der Waals surface area contributed by atoms with Crippen LogP contribution in [0.15, 0.2) is 18.2 Å². The Hall–Kier alpha value is -2.19. The van der Waals surface area contributed by atoms with Crippen molar-refractivity contribution < 1.29 is 23.7 Å². The molecule has 0 spiro atoms. The van der Waals surface area contributed by atoms with Crippen molar-refractivity contribution >= 4 is 5.97 Å². The van der Waals surface area contributed by atoms with Crippen LogP contribution in [0.1, 0.15) is 25.0 Å². The van der Waals surface area contributed by atoms with Crippen LogP contribution in [-0.2, 0) is 14.3 Å². The van der Waals surface area contributed by atoms with Gasteiger partial charge in [0.25, 0.3) is 0 Å². The maximum atomic E-state index is 11.1. The maximum absolute atomic E-state index is 11.1. The van der Waals surface area contributed by atoms with Crippen LogP contribution in [0, 0.1) is 17.8 Å². The third-order valence-electron chi connectivity index (χ3n) is 3.24. The fourth-order valence-corrected chi connectivity index (χ4v) is 2.17. The lowest BCUT2D eigenvalue weighted by molar-refractivity contribution is -0.139. The Bertz CT molecular complexity index is 556. The molecule has 0 heterocycles. The molecule has 0 saturated carbocycles. The molecular weight excluding hydrogens is 284 g/mol. The molecule has 5 nitrogen and oxygen atoms in total. The Morgan fingerprint density at radius 3 is 2.45 bits per heavy atom. The summed E-state index contributed by atoms with van der Waals surface area (Å²) in [5.74, 6) is 6.60. The molecule has 0 aliphatic carbocycles. The fraction of sp³-hybridized carbons (Fsp3) is 0.471. The van der Waals surface area contributed by atoms with Crippen LogP contribution in [0.25, 0.3) is 0 Å². The predicted octanol–water partition coefficient (Wildman–Crippen LogP) is 2.59. The number of methoxy groups -OCH3 is 4. The average molecular weight is 306 g/mol. The minimum atomic E-state index is -0.354. The second kappa shape index (κ2) is 8.96. The van der Waals surface area contributed by atoms with Crippen molar-refractivity contribution in [2.45, 2.75) is 19.4 Å². The van der Waals surface area contributed by atoms with Gasteiger partial charge in [-0.3, -0.25) is 4.79 Å². The Kier molecular flexibility index (Phi) is 7.27. The quantitative estimate of drug-likeness (QED) is 0.597. The van der Waals surface area contributed by atoms with E-state index in [1.165, 1.54) is 7.11 Å². The van der Waals surface area contributed by atoms with Crippen molar-refractivity contribution in [2.75, 3.05) is 28.4 Å². The first kappa shape index (κ1) is 17.9. The molecule has 0 N–H and O–H groups in total. The van der Waals surface area contributed by atoms with Crippen molar-refractivity contribution in [1.29, 1.82) is 0 Å². The number of hydrogen-bond donors (Lipinski definition) is 0. The van der Waals surface area contributed by atoms with Crippen molar-refractivity contribution in [3.05, 3.63) is 23.8 Å². The van der Waals surface area contributed by atoms with Gasteiger partial charge in [-0.1, -0.05) is 24.0 Å². The van der Waals surface area contributed by atoms with Gasteiger partial charge in [-0.25, -0.2) is 0 Å². The van der Waals surface area contributed by atoms with Gasteiger partial charge in [0.1, 0.15) is 6.42 Å². The van der Waals surface area contributed by atoms with E-state index in [4.69, 9.17) is 14.2 Å². The summed E-state index contributed by atoms with van der Waals surface area (Å²) < 4.78 is 20.9. The van der Waals surface area contributed by atoms with Gasteiger partial charge in [-0.2, -0.15) is 0 Å². The topological polar surface area (TPSA) is 54.0 Å². The highest BCUT2D eigenvalue weighted by molar-refractivity contribution is 5.72. The lowest BCUT2D eigenvalue weighted by Gasteiger charge is -2.22. The molecule has 0 amide bonds. The standard InChI is InChI=1S/C17H22O5/c1-12(8-6-11-15(18)20-3)16(21-4)13-9-7-10-14(19-2)17(13)22-5/h7,9-10,12,16H,11H2,1-5H3/t12-,16+/m0/s1. The summed E-state index contributed by atoms with van der Waals surface area (Å²) in [6.45, 7) is 1.93. The van der Waals surface area contributed by atoms with Crippen LogP contribution in [0.3, 0.4) is 0 Å². The van der Waals surface area contributed by atoms with E-state index in [0.29, 0.717) is 11.5 Å². The zero-order valence-electron chi connectivity index (χ0n) is 13.6. The molecule has 1 aromatic rings. The third kappa shape index (κ3) is 4.40. The highest BCUT2D eigenvalue weighted by Gasteiger charge is 2.23. The first-order valence-electron chi connectivity index (χ1n) is 6.87. The molecule has 1 rings (SSSR count).